The van der Waals surface area contributed by atoms with E-state index in [0.717, 1.165) is 0 Å². The smallest absolute Gasteiger partial charge is 0.251 e. The van der Waals surface area contributed by atoms with Crippen LogP contribution in [0.4, 0.5) is 0 Å². The van der Waals surface area contributed by atoms with Gasteiger partial charge in [0.05, 0.1) is 10.4 Å². The summed E-state index contributed by atoms with van der Waals surface area (Å²) in [5.41, 5.74) is 5.50. The minimum absolute atomic E-state index is 0. The SMILES string of the molecule is CC(C)NS(=O)(=O)c1cccc(C(=O)NC(C)(CN)C(C)C)c1.Cl. The molecule has 0 saturated heterocycles. The molecule has 1 amide bonds. The molecule has 1 rings (SSSR count). The van der Waals surface area contributed by atoms with Crippen LogP contribution >= 0.6 is 12.4 Å². The molecular formula is C16H28ClN3O3S. The zero-order valence-corrected chi connectivity index (χ0v) is 16.4. The molecule has 1 aromatic rings. The number of halogens is 1. The minimum Gasteiger partial charge on any atom is -0.345 e. The zero-order valence-electron chi connectivity index (χ0n) is 14.8. The Labute approximate surface area is 151 Å². The number of nitrogens with two attached hydrogens (primary N) is 1. The molecule has 0 fully saturated rings. The van der Waals surface area contributed by atoms with Crippen molar-refractivity contribution in [2.45, 2.75) is 51.1 Å². The molecule has 0 saturated carbocycles. The highest BCUT2D eigenvalue weighted by Gasteiger charge is 2.29. The Morgan fingerprint density at radius 2 is 1.83 bits per heavy atom. The molecule has 0 spiro atoms. The minimum atomic E-state index is -3.64. The fourth-order valence-electron chi connectivity index (χ4n) is 1.95. The molecule has 0 heterocycles. The first-order chi connectivity index (χ1) is 10.5. The third kappa shape index (κ3) is 5.73. The van der Waals surface area contributed by atoms with Gasteiger partial charge in [-0.1, -0.05) is 19.9 Å². The topological polar surface area (TPSA) is 101 Å². The maximum absolute atomic E-state index is 12.4. The quantitative estimate of drug-likeness (QED) is 0.675. The molecule has 6 nitrogen and oxygen atoms in total. The summed E-state index contributed by atoms with van der Waals surface area (Å²) in [5.74, 6) is -0.195. The van der Waals surface area contributed by atoms with E-state index >= 15 is 0 Å². The van der Waals surface area contributed by atoms with Crippen molar-refractivity contribution in [1.82, 2.24) is 10.0 Å². The van der Waals surface area contributed by atoms with Gasteiger partial charge in [-0.05, 0) is 44.9 Å². The lowest BCUT2D eigenvalue weighted by Crippen LogP contribution is -2.55. The van der Waals surface area contributed by atoms with Crippen LogP contribution in [0.15, 0.2) is 29.2 Å². The summed E-state index contributed by atoms with van der Waals surface area (Å²) >= 11 is 0. The number of sulfonamides is 1. The van der Waals surface area contributed by atoms with Crippen molar-refractivity contribution in [3.05, 3.63) is 29.8 Å². The van der Waals surface area contributed by atoms with Gasteiger partial charge in [0.1, 0.15) is 0 Å². The molecule has 1 unspecified atom stereocenters. The molecule has 1 aromatic carbocycles. The average molecular weight is 378 g/mol. The number of carbonyl (C=O) groups is 1. The number of benzene rings is 1. The van der Waals surface area contributed by atoms with Crippen LogP contribution in [-0.4, -0.2) is 32.5 Å². The van der Waals surface area contributed by atoms with Crippen molar-refractivity contribution in [3.8, 4) is 0 Å². The highest BCUT2D eigenvalue weighted by Crippen LogP contribution is 2.17. The van der Waals surface area contributed by atoms with Crippen LogP contribution in [0.5, 0.6) is 0 Å². The maximum atomic E-state index is 12.4. The van der Waals surface area contributed by atoms with Crippen molar-refractivity contribution < 1.29 is 13.2 Å². The van der Waals surface area contributed by atoms with Crippen LogP contribution in [0.3, 0.4) is 0 Å². The van der Waals surface area contributed by atoms with E-state index < -0.39 is 15.6 Å². The lowest BCUT2D eigenvalue weighted by atomic mass is 9.88. The van der Waals surface area contributed by atoms with Gasteiger partial charge in [0.25, 0.3) is 5.91 Å². The van der Waals surface area contributed by atoms with E-state index in [1.807, 2.05) is 20.8 Å². The first-order valence-electron chi connectivity index (χ1n) is 7.67. The highest BCUT2D eigenvalue weighted by atomic mass is 35.5. The van der Waals surface area contributed by atoms with Gasteiger partial charge in [-0.25, -0.2) is 13.1 Å². The van der Waals surface area contributed by atoms with E-state index in [4.69, 9.17) is 5.73 Å². The summed E-state index contributed by atoms with van der Waals surface area (Å²) in [7, 11) is -3.64. The van der Waals surface area contributed by atoms with Gasteiger partial charge in [0.2, 0.25) is 10.0 Å². The third-order valence-corrected chi connectivity index (χ3v) is 5.55. The van der Waals surface area contributed by atoms with Gasteiger partial charge in [-0.3, -0.25) is 4.79 Å². The molecule has 4 N–H and O–H groups in total. The predicted molar refractivity (Wildman–Crippen MR) is 98.9 cm³/mol. The molecule has 1 atom stereocenters. The van der Waals surface area contributed by atoms with Crippen LogP contribution in [0.25, 0.3) is 0 Å². The number of carbonyl (C=O) groups excluding carboxylic acids is 1. The fraction of sp³-hybridized carbons (Fsp3) is 0.562. The summed E-state index contributed by atoms with van der Waals surface area (Å²) < 4.78 is 26.9. The summed E-state index contributed by atoms with van der Waals surface area (Å²) in [6, 6.07) is 5.75. The van der Waals surface area contributed by atoms with E-state index in [1.165, 1.54) is 12.1 Å². The van der Waals surface area contributed by atoms with Crippen molar-refractivity contribution in [3.63, 3.8) is 0 Å². The second kappa shape index (κ2) is 8.80. The van der Waals surface area contributed by atoms with E-state index in [9.17, 15) is 13.2 Å². The molecule has 0 aliphatic rings. The Morgan fingerprint density at radius 3 is 2.29 bits per heavy atom. The first-order valence-corrected chi connectivity index (χ1v) is 9.15. The van der Waals surface area contributed by atoms with Crippen molar-refractivity contribution in [2.24, 2.45) is 11.7 Å². The van der Waals surface area contributed by atoms with Gasteiger partial charge in [0, 0.05) is 18.2 Å². The van der Waals surface area contributed by atoms with Gasteiger partial charge in [0.15, 0.2) is 0 Å². The van der Waals surface area contributed by atoms with Crippen LogP contribution < -0.4 is 15.8 Å². The Hall–Kier alpha value is -1.15. The number of nitrogens with one attached hydrogen (secondary N) is 2. The van der Waals surface area contributed by atoms with Crippen LogP contribution in [0.2, 0.25) is 0 Å². The second-order valence-corrected chi connectivity index (χ2v) is 8.25. The van der Waals surface area contributed by atoms with Crippen molar-refractivity contribution in [1.29, 1.82) is 0 Å². The Kier molecular flexibility index (Phi) is 8.38. The van der Waals surface area contributed by atoms with E-state index in [2.05, 4.69) is 10.0 Å². The van der Waals surface area contributed by atoms with Crippen molar-refractivity contribution >= 4 is 28.3 Å². The normalized spacial score (nSPS) is 14.2. The second-order valence-electron chi connectivity index (χ2n) is 6.53. The fourth-order valence-corrected chi connectivity index (χ4v) is 3.24. The van der Waals surface area contributed by atoms with E-state index in [0.29, 0.717) is 6.54 Å². The molecule has 0 bridgehead atoms. The number of hydrogen-bond donors (Lipinski definition) is 3. The summed E-state index contributed by atoms with van der Waals surface area (Å²) in [6.07, 6.45) is 0. The first kappa shape index (κ1) is 22.9. The largest absolute Gasteiger partial charge is 0.345 e. The van der Waals surface area contributed by atoms with E-state index in [-0.39, 0.29) is 40.7 Å². The Morgan fingerprint density at radius 1 is 1.25 bits per heavy atom. The lowest BCUT2D eigenvalue weighted by Gasteiger charge is -2.33. The third-order valence-electron chi connectivity index (χ3n) is 3.89. The van der Waals surface area contributed by atoms with Gasteiger partial charge >= 0.3 is 0 Å². The molecule has 138 valence electrons. The molecule has 0 aliphatic heterocycles. The summed E-state index contributed by atoms with van der Waals surface area (Å²) in [5, 5.41) is 2.90. The van der Waals surface area contributed by atoms with Gasteiger partial charge in [-0.15, -0.1) is 12.4 Å². The summed E-state index contributed by atoms with van der Waals surface area (Å²) in [4.78, 5) is 12.5. The van der Waals surface area contributed by atoms with Crippen LogP contribution in [0, 0.1) is 5.92 Å². The standard InChI is InChI=1S/C16H27N3O3S.ClH/c1-11(2)16(5,10-17)18-15(20)13-7-6-8-14(9-13)23(21,22)19-12(3)4;/h6-9,11-12,19H,10,17H2,1-5H3,(H,18,20);1H. The van der Waals surface area contributed by atoms with Crippen LogP contribution in [0.1, 0.15) is 45.0 Å². The monoisotopic (exact) mass is 377 g/mol. The number of rotatable bonds is 7. The molecule has 0 aromatic heterocycles. The van der Waals surface area contributed by atoms with E-state index in [1.54, 1.807) is 26.0 Å². The Bertz CT molecular complexity index is 662. The molecule has 0 aliphatic carbocycles. The molecule has 0 radical (unpaired) electrons. The maximum Gasteiger partial charge on any atom is 0.251 e. The number of hydrogen-bond acceptors (Lipinski definition) is 4. The summed E-state index contributed by atoms with van der Waals surface area (Å²) in [6.45, 7) is 9.59. The molecular weight excluding hydrogens is 350 g/mol. The average Bonchev–Trinajstić information content (AvgIpc) is 2.45. The van der Waals surface area contributed by atoms with Crippen LogP contribution in [-0.2, 0) is 10.0 Å². The van der Waals surface area contributed by atoms with Gasteiger partial charge < -0.3 is 11.1 Å². The Balaban J connectivity index is 0.00000529. The highest BCUT2D eigenvalue weighted by molar-refractivity contribution is 7.89. The number of amides is 1. The predicted octanol–water partition coefficient (Wildman–Crippen LogP) is 1.90. The van der Waals surface area contributed by atoms with Crippen molar-refractivity contribution in [2.75, 3.05) is 6.54 Å². The lowest BCUT2D eigenvalue weighted by molar-refractivity contribution is 0.0883. The molecule has 24 heavy (non-hydrogen) atoms. The zero-order chi connectivity index (χ0) is 17.8. The van der Waals surface area contributed by atoms with Gasteiger partial charge in [-0.2, -0.15) is 0 Å². The molecule has 8 heteroatoms.